The molecule has 0 saturated heterocycles. The van der Waals surface area contributed by atoms with Gasteiger partial charge in [-0.05, 0) is 67.1 Å². The van der Waals surface area contributed by atoms with Crippen molar-refractivity contribution in [2.75, 3.05) is 10.2 Å². The van der Waals surface area contributed by atoms with E-state index >= 15 is 0 Å². The summed E-state index contributed by atoms with van der Waals surface area (Å²) in [6.07, 6.45) is 4.99. The number of aromatic nitrogens is 2. The summed E-state index contributed by atoms with van der Waals surface area (Å²) in [5.41, 5.74) is 4.25. The van der Waals surface area contributed by atoms with E-state index in [1.807, 2.05) is 36.4 Å². The average Bonchev–Trinajstić information content (AvgIpc) is 3.35. The standard InChI is InChI=1S/C34H25N5O4S/c1-21(44-34-38-30(19-22-15-17-35-18-16-22)32(41)39(34)25-7-3-2-4-8-25)31(40)36-24-13-11-23(12-14-24)29-20-27(33(42)43)26-9-5-6-10-28(26)37-29/h2-21H,1H3,(H,36,40)(H,42,43)/b30-19-. The number of aliphatic imine (C=N–C) groups is 1. The molecule has 2 N–H and O–H groups in total. The molecule has 2 amide bonds. The Balaban J connectivity index is 1.20. The third-order valence-electron chi connectivity index (χ3n) is 6.90. The van der Waals surface area contributed by atoms with Crippen LogP contribution in [-0.4, -0.2) is 43.3 Å². The van der Waals surface area contributed by atoms with Crippen molar-refractivity contribution in [3.63, 3.8) is 0 Å². The summed E-state index contributed by atoms with van der Waals surface area (Å²) in [6.45, 7) is 1.75. The number of rotatable bonds is 7. The molecule has 1 aliphatic heterocycles. The maximum absolute atomic E-state index is 13.4. The number of thioether (sulfide) groups is 1. The molecule has 0 radical (unpaired) electrons. The van der Waals surface area contributed by atoms with E-state index < -0.39 is 11.2 Å². The van der Waals surface area contributed by atoms with Gasteiger partial charge in [-0.2, -0.15) is 0 Å². The number of amidine groups is 1. The highest BCUT2D eigenvalue weighted by atomic mass is 32.2. The zero-order valence-corrected chi connectivity index (χ0v) is 24.2. The number of amides is 2. The molecule has 0 saturated carbocycles. The fourth-order valence-corrected chi connectivity index (χ4v) is 5.60. The van der Waals surface area contributed by atoms with Crippen LogP contribution in [0, 0.1) is 0 Å². The normalized spacial score (nSPS) is 14.5. The number of hydrogen-bond acceptors (Lipinski definition) is 7. The molecule has 3 aromatic carbocycles. The fourth-order valence-electron chi connectivity index (χ4n) is 4.68. The number of carbonyl (C=O) groups is 3. The van der Waals surface area contributed by atoms with Gasteiger partial charge in [0, 0.05) is 29.0 Å². The minimum absolute atomic E-state index is 0.172. The Morgan fingerprint density at radius 3 is 2.36 bits per heavy atom. The number of fused-ring (bicyclic) bond motifs is 1. The molecule has 1 atom stereocenters. The highest BCUT2D eigenvalue weighted by Gasteiger charge is 2.34. The van der Waals surface area contributed by atoms with Gasteiger partial charge in [0.15, 0.2) is 5.17 Å². The molecular weight excluding hydrogens is 574 g/mol. The zero-order chi connectivity index (χ0) is 30.6. The van der Waals surface area contributed by atoms with Crippen LogP contribution in [0.2, 0.25) is 0 Å². The maximum Gasteiger partial charge on any atom is 0.336 e. The summed E-state index contributed by atoms with van der Waals surface area (Å²) in [5.74, 6) is -1.58. The molecule has 1 aliphatic rings. The van der Waals surface area contributed by atoms with Crippen LogP contribution in [0.1, 0.15) is 22.8 Å². The molecule has 0 fully saturated rings. The van der Waals surface area contributed by atoms with Crippen molar-refractivity contribution >= 4 is 63.1 Å². The monoisotopic (exact) mass is 599 g/mol. The molecule has 0 aliphatic carbocycles. The van der Waals surface area contributed by atoms with Crippen molar-refractivity contribution in [1.29, 1.82) is 0 Å². The Bertz CT molecular complexity index is 1940. The van der Waals surface area contributed by atoms with Crippen LogP contribution < -0.4 is 10.2 Å². The Labute approximate surface area is 257 Å². The molecule has 1 unspecified atom stereocenters. The molecule has 6 rings (SSSR count). The summed E-state index contributed by atoms with van der Waals surface area (Å²) in [7, 11) is 0. The van der Waals surface area contributed by atoms with Gasteiger partial charge in [0.25, 0.3) is 5.91 Å². The van der Waals surface area contributed by atoms with Crippen LogP contribution in [0.3, 0.4) is 0 Å². The van der Waals surface area contributed by atoms with Gasteiger partial charge in [-0.25, -0.2) is 14.8 Å². The van der Waals surface area contributed by atoms with Crippen molar-refractivity contribution in [1.82, 2.24) is 9.97 Å². The van der Waals surface area contributed by atoms with Crippen LogP contribution in [0.15, 0.2) is 120 Å². The second kappa shape index (κ2) is 12.3. The van der Waals surface area contributed by atoms with Gasteiger partial charge in [-0.15, -0.1) is 0 Å². The minimum atomic E-state index is -1.03. The third-order valence-corrected chi connectivity index (χ3v) is 7.95. The van der Waals surface area contributed by atoms with E-state index in [0.717, 1.165) is 5.56 Å². The number of aromatic carboxylic acids is 1. The number of carboxylic acid groups (broad SMARTS) is 1. The molecule has 3 heterocycles. The van der Waals surface area contributed by atoms with Crippen molar-refractivity contribution in [2.24, 2.45) is 4.99 Å². The first-order valence-corrected chi connectivity index (χ1v) is 14.6. The van der Waals surface area contributed by atoms with E-state index in [4.69, 9.17) is 0 Å². The molecule has 216 valence electrons. The van der Waals surface area contributed by atoms with Crippen LogP contribution in [-0.2, 0) is 9.59 Å². The SMILES string of the molecule is CC(SC1=N/C(=C\c2ccncc2)C(=O)N1c1ccccc1)C(=O)Nc1ccc(-c2cc(C(=O)O)c3ccccc3n2)cc1. The van der Waals surface area contributed by atoms with Gasteiger partial charge in [0.05, 0.1) is 27.7 Å². The smallest absolute Gasteiger partial charge is 0.336 e. The number of para-hydroxylation sites is 2. The summed E-state index contributed by atoms with van der Waals surface area (Å²) in [5, 5.41) is 13.0. The first kappa shape index (κ1) is 28.5. The summed E-state index contributed by atoms with van der Waals surface area (Å²) >= 11 is 1.19. The highest BCUT2D eigenvalue weighted by Crippen LogP contribution is 2.32. The van der Waals surface area contributed by atoms with Gasteiger partial charge in [-0.3, -0.25) is 19.5 Å². The topological polar surface area (TPSA) is 125 Å². The number of nitrogens with zero attached hydrogens (tertiary/aromatic N) is 4. The van der Waals surface area contributed by atoms with Crippen molar-refractivity contribution in [3.8, 4) is 11.3 Å². The lowest BCUT2D eigenvalue weighted by molar-refractivity contribution is -0.115. The van der Waals surface area contributed by atoms with Crippen LogP contribution >= 0.6 is 11.8 Å². The lowest BCUT2D eigenvalue weighted by Crippen LogP contribution is -2.33. The Morgan fingerprint density at radius 1 is 0.932 bits per heavy atom. The molecule has 44 heavy (non-hydrogen) atoms. The van der Waals surface area contributed by atoms with Crippen LogP contribution in [0.25, 0.3) is 28.2 Å². The lowest BCUT2D eigenvalue weighted by Gasteiger charge is -2.20. The van der Waals surface area contributed by atoms with E-state index in [2.05, 4.69) is 20.3 Å². The van der Waals surface area contributed by atoms with E-state index in [1.54, 1.807) is 86.1 Å². The largest absolute Gasteiger partial charge is 0.478 e. The Hall–Kier alpha value is -5.61. The first-order valence-electron chi connectivity index (χ1n) is 13.7. The van der Waals surface area contributed by atoms with E-state index in [0.29, 0.717) is 38.7 Å². The van der Waals surface area contributed by atoms with Crippen molar-refractivity contribution < 1.29 is 19.5 Å². The van der Waals surface area contributed by atoms with Crippen molar-refractivity contribution in [2.45, 2.75) is 12.2 Å². The number of pyridine rings is 2. The van der Waals surface area contributed by atoms with Crippen LogP contribution in [0.4, 0.5) is 11.4 Å². The number of hydrogen-bond donors (Lipinski definition) is 2. The molecule has 5 aromatic rings. The molecular formula is C34H25N5O4S. The summed E-state index contributed by atoms with van der Waals surface area (Å²) in [4.78, 5) is 53.3. The zero-order valence-electron chi connectivity index (χ0n) is 23.4. The summed E-state index contributed by atoms with van der Waals surface area (Å²) in [6, 6.07) is 28.5. The predicted octanol–water partition coefficient (Wildman–Crippen LogP) is 6.50. The molecule has 0 bridgehead atoms. The van der Waals surface area contributed by atoms with E-state index in [9.17, 15) is 19.5 Å². The van der Waals surface area contributed by atoms with Gasteiger partial charge in [-0.1, -0.05) is 60.3 Å². The summed E-state index contributed by atoms with van der Waals surface area (Å²) < 4.78 is 0. The van der Waals surface area contributed by atoms with Crippen molar-refractivity contribution in [3.05, 3.63) is 126 Å². The minimum Gasteiger partial charge on any atom is -0.478 e. The molecule has 10 heteroatoms. The number of anilines is 2. The number of carbonyl (C=O) groups excluding carboxylic acids is 2. The van der Waals surface area contributed by atoms with Gasteiger partial charge < -0.3 is 10.4 Å². The second-order valence-corrected chi connectivity index (χ2v) is 11.2. The molecule has 9 nitrogen and oxygen atoms in total. The second-order valence-electron chi connectivity index (χ2n) is 9.88. The Morgan fingerprint density at radius 2 is 1.64 bits per heavy atom. The number of benzene rings is 3. The number of carboxylic acids is 1. The molecule has 0 spiro atoms. The van der Waals surface area contributed by atoms with Gasteiger partial charge in [0.2, 0.25) is 5.91 Å². The van der Waals surface area contributed by atoms with E-state index in [-0.39, 0.29) is 23.1 Å². The van der Waals surface area contributed by atoms with Gasteiger partial charge in [0.1, 0.15) is 5.70 Å². The average molecular weight is 600 g/mol. The quantitative estimate of drug-likeness (QED) is 0.205. The highest BCUT2D eigenvalue weighted by molar-refractivity contribution is 8.15. The fraction of sp³-hybridized carbons (Fsp3) is 0.0588. The number of nitrogens with one attached hydrogen (secondary N) is 1. The Kier molecular flexibility index (Phi) is 7.98. The predicted molar refractivity (Wildman–Crippen MR) is 173 cm³/mol. The molecule has 2 aromatic heterocycles. The maximum atomic E-state index is 13.4. The third kappa shape index (κ3) is 5.97. The van der Waals surface area contributed by atoms with Gasteiger partial charge >= 0.3 is 5.97 Å². The first-order chi connectivity index (χ1) is 21.4. The lowest BCUT2D eigenvalue weighted by atomic mass is 10.0. The van der Waals surface area contributed by atoms with Crippen LogP contribution in [0.5, 0.6) is 0 Å². The van der Waals surface area contributed by atoms with E-state index in [1.165, 1.54) is 16.7 Å².